The number of carbonyl (C=O) groups is 1. The molecule has 0 bridgehead atoms. The molecule has 3 aromatic rings. The zero-order chi connectivity index (χ0) is 17.1. The van der Waals surface area contributed by atoms with Crippen LogP contribution in [0.3, 0.4) is 0 Å². The second-order valence-corrected chi connectivity index (χ2v) is 6.54. The molecule has 0 aliphatic heterocycles. The maximum absolute atomic E-state index is 12.2. The largest absolute Gasteiger partial charge is 0.296 e. The fraction of sp³-hybridized carbons (Fsp3) is 0.176. The van der Waals surface area contributed by atoms with Gasteiger partial charge in [0, 0.05) is 30.6 Å². The molecule has 0 saturated carbocycles. The van der Waals surface area contributed by atoms with Crippen LogP contribution < -0.4 is 10.9 Å². The molecule has 0 atom stereocenters. The number of carbonyl (C=O) groups excluding carboxylic acids is 1. The van der Waals surface area contributed by atoms with Gasteiger partial charge >= 0.3 is 0 Å². The first kappa shape index (κ1) is 16.1. The van der Waals surface area contributed by atoms with Crippen molar-refractivity contribution in [2.45, 2.75) is 13.3 Å². The van der Waals surface area contributed by atoms with Gasteiger partial charge in [-0.25, -0.2) is 9.67 Å². The van der Waals surface area contributed by atoms with Crippen molar-refractivity contribution in [3.8, 4) is 0 Å². The Kier molecular flexibility index (Phi) is 4.52. The Balaban J connectivity index is 1.69. The lowest BCUT2D eigenvalue weighted by Gasteiger charge is -2.02. The summed E-state index contributed by atoms with van der Waals surface area (Å²) in [5, 5.41) is 7.14. The minimum absolute atomic E-state index is 0.174. The van der Waals surface area contributed by atoms with E-state index in [0.29, 0.717) is 5.13 Å². The van der Waals surface area contributed by atoms with Crippen LogP contribution >= 0.6 is 11.3 Å². The van der Waals surface area contributed by atoms with E-state index >= 15 is 0 Å². The number of amides is 1. The predicted molar refractivity (Wildman–Crippen MR) is 93.5 cm³/mol. The molecule has 2 aromatic heterocycles. The van der Waals surface area contributed by atoms with E-state index in [0.717, 1.165) is 16.0 Å². The highest BCUT2D eigenvalue weighted by Crippen LogP contribution is 2.21. The van der Waals surface area contributed by atoms with Gasteiger partial charge in [-0.1, -0.05) is 29.8 Å². The fourth-order valence-electron chi connectivity index (χ4n) is 2.14. The van der Waals surface area contributed by atoms with E-state index in [1.165, 1.54) is 41.6 Å². The zero-order valence-corrected chi connectivity index (χ0v) is 14.1. The molecular weight excluding hydrogens is 324 g/mol. The number of hydrogen-bond donors (Lipinski definition) is 1. The van der Waals surface area contributed by atoms with Crippen LogP contribution in [0.2, 0.25) is 0 Å². The molecule has 0 saturated heterocycles. The van der Waals surface area contributed by atoms with Crippen LogP contribution in [0.4, 0.5) is 5.13 Å². The molecule has 1 amide bonds. The van der Waals surface area contributed by atoms with E-state index in [1.54, 1.807) is 6.20 Å². The topological polar surface area (TPSA) is 76.9 Å². The van der Waals surface area contributed by atoms with Gasteiger partial charge in [-0.2, -0.15) is 5.10 Å². The minimum Gasteiger partial charge on any atom is -0.296 e. The minimum atomic E-state index is -0.387. The highest BCUT2D eigenvalue weighted by Gasteiger charge is 2.11. The Labute approximate surface area is 142 Å². The number of nitrogens with one attached hydrogen (secondary N) is 1. The van der Waals surface area contributed by atoms with E-state index < -0.39 is 0 Å². The van der Waals surface area contributed by atoms with Crippen molar-refractivity contribution in [3.05, 3.63) is 74.6 Å². The highest BCUT2D eigenvalue weighted by atomic mass is 32.1. The molecule has 122 valence electrons. The maximum atomic E-state index is 12.2. The van der Waals surface area contributed by atoms with Gasteiger partial charge in [0.1, 0.15) is 5.69 Å². The molecule has 24 heavy (non-hydrogen) atoms. The molecule has 6 nitrogen and oxygen atoms in total. The van der Waals surface area contributed by atoms with Crippen molar-refractivity contribution >= 4 is 22.4 Å². The first-order chi connectivity index (χ1) is 11.5. The molecular formula is C17H16N4O2S. The standard InChI is InChI=1S/C17H16N4O2S/c1-11-3-5-12(6-4-11)9-13-10-18-17(24-13)19-16(23)14-7-8-15(22)21(2)20-14/h3-8,10H,9H2,1-2H3,(H,18,19,23). The van der Waals surface area contributed by atoms with Crippen LogP contribution in [-0.4, -0.2) is 20.7 Å². The number of thiazole rings is 1. The summed E-state index contributed by atoms with van der Waals surface area (Å²) in [6.07, 6.45) is 2.53. The number of aromatic nitrogens is 3. The van der Waals surface area contributed by atoms with Crippen LogP contribution in [-0.2, 0) is 13.5 Å². The first-order valence-corrected chi connectivity index (χ1v) is 8.19. The molecule has 0 aliphatic carbocycles. The second kappa shape index (κ2) is 6.76. The van der Waals surface area contributed by atoms with Crippen molar-refractivity contribution in [2.24, 2.45) is 7.05 Å². The van der Waals surface area contributed by atoms with Gasteiger partial charge in [0.05, 0.1) is 0 Å². The van der Waals surface area contributed by atoms with Crippen molar-refractivity contribution < 1.29 is 4.79 Å². The van der Waals surface area contributed by atoms with Crippen LogP contribution in [0, 0.1) is 6.92 Å². The van der Waals surface area contributed by atoms with Gasteiger partial charge in [0.25, 0.3) is 11.5 Å². The number of hydrogen-bond acceptors (Lipinski definition) is 5. The molecule has 0 spiro atoms. The quantitative estimate of drug-likeness (QED) is 0.791. The SMILES string of the molecule is Cc1ccc(Cc2cnc(NC(=O)c3ccc(=O)n(C)n3)s2)cc1. The Morgan fingerprint density at radius 2 is 1.96 bits per heavy atom. The number of nitrogens with zero attached hydrogens (tertiary/aromatic N) is 3. The summed E-state index contributed by atoms with van der Waals surface area (Å²) in [6, 6.07) is 11.0. The Morgan fingerprint density at radius 3 is 2.67 bits per heavy atom. The summed E-state index contributed by atoms with van der Waals surface area (Å²) >= 11 is 1.42. The van der Waals surface area contributed by atoms with E-state index in [2.05, 4.69) is 46.6 Å². The molecule has 1 N–H and O–H groups in total. The molecule has 0 fully saturated rings. The average molecular weight is 340 g/mol. The summed E-state index contributed by atoms with van der Waals surface area (Å²) in [5.74, 6) is -0.387. The third-order valence-electron chi connectivity index (χ3n) is 3.47. The summed E-state index contributed by atoms with van der Waals surface area (Å²) in [4.78, 5) is 28.8. The van der Waals surface area contributed by atoms with Gasteiger partial charge in [-0.05, 0) is 18.6 Å². The van der Waals surface area contributed by atoms with Crippen molar-refractivity contribution in [1.82, 2.24) is 14.8 Å². The lowest BCUT2D eigenvalue weighted by atomic mass is 10.1. The van der Waals surface area contributed by atoms with Gasteiger partial charge in [-0.3, -0.25) is 14.9 Å². The van der Waals surface area contributed by atoms with Gasteiger partial charge in [-0.15, -0.1) is 11.3 Å². The predicted octanol–water partition coefficient (Wildman–Crippen LogP) is 2.39. The molecule has 0 aliphatic rings. The number of rotatable bonds is 4. The van der Waals surface area contributed by atoms with Gasteiger partial charge < -0.3 is 0 Å². The van der Waals surface area contributed by atoms with Gasteiger partial charge in [0.2, 0.25) is 0 Å². The maximum Gasteiger partial charge on any atom is 0.277 e. The summed E-state index contributed by atoms with van der Waals surface area (Å²) < 4.78 is 1.12. The second-order valence-electron chi connectivity index (χ2n) is 5.43. The van der Waals surface area contributed by atoms with Crippen LogP contribution in [0.25, 0.3) is 0 Å². The third kappa shape index (κ3) is 3.75. The van der Waals surface area contributed by atoms with E-state index in [9.17, 15) is 9.59 Å². The smallest absolute Gasteiger partial charge is 0.277 e. The molecule has 7 heteroatoms. The van der Waals surface area contributed by atoms with Crippen molar-refractivity contribution in [3.63, 3.8) is 0 Å². The molecule has 0 unspecified atom stereocenters. The number of aryl methyl sites for hydroxylation is 2. The summed E-state index contributed by atoms with van der Waals surface area (Å²) in [7, 11) is 1.50. The Bertz CT molecular complexity index is 928. The summed E-state index contributed by atoms with van der Waals surface area (Å²) in [5.41, 5.74) is 2.33. The van der Waals surface area contributed by atoms with Gasteiger partial charge in [0.15, 0.2) is 5.13 Å². The molecule has 2 heterocycles. The molecule has 1 aromatic carbocycles. The first-order valence-electron chi connectivity index (χ1n) is 7.37. The highest BCUT2D eigenvalue weighted by molar-refractivity contribution is 7.15. The third-order valence-corrected chi connectivity index (χ3v) is 4.38. The average Bonchev–Trinajstić information content (AvgIpc) is 2.99. The van der Waals surface area contributed by atoms with Crippen LogP contribution in [0.5, 0.6) is 0 Å². The monoisotopic (exact) mass is 340 g/mol. The molecule has 0 radical (unpaired) electrons. The molecule has 3 rings (SSSR count). The van der Waals surface area contributed by atoms with Crippen LogP contribution in [0.1, 0.15) is 26.5 Å². The normalized spacial score (nSPS) is 10.6. The summed E-state index contributed by atoms with van der Waals surface area (Å²) in [6.45, 7) is 2.05. The number of benzene rings is 1. The lowest BCUT2D eigenvalue weighted by molar-refractivity contribution is 0.102. The van der Waals surface area contributed by atoms with Crippen molar-refractivity contribution in [2.75, 3.05) is 5.32 Å². The lowest BCUT2D eigenvalue weighted by Crippen LogP contribution is -2.23. The van der Waals surface area contributed by atoms with E-state index in [-0.39, 0.29) is 17.2 Å². The van der Waals surface area contributed by atoms with Crippen LogP contribution in [0.15, 0.2) is 47.4 Å². The fourth-order valence-corrected chi connectivity index (χ4v) is 2.98. The van der Waals surface area contributed by atoms with Crippen molar-refractivity contribution in [1.29, 1.82) is 0 Å². The number of anilines is 1. The van der Waals surface area contributed by atoms with E-state index in [1.807, 2.05) is 0 Å². The van der Waals surface area contributed by atoms with E-state index in [4.69, 9.17) is 0 Å². The Morgan fingerprint density at radius 1 is 1.21 bits per heavy atom. The zero-order valence-electron chi connectivity index (χ0n) is 13.3. The Hall–Kier alpha value is -2.80.